The summed E-state index contributed by atoms with van der Waals surface area (Å²) in [7, 11) is 0. The molecule has 0 spiro atoms. The number of nitrogens with zero attached hydrogens (tertiary/aromatic N) is 1. The van der Waals surface area contributed by atoms with Gasteiger partial charge in [0.25, 0.3) is 0 Å². The van der Waals surface area contributed by atoms with Gasteiger partial charge in [-0.05, 0) is 52.9 Å². The van der Waals surface area contributed by atoms with Crippen molar-refractivity contribution in [1.82, 2.24) is 4.98 Å². The number of benzene rings is 1. The van der Waals surface area contributed by atoms with Crippen molar-refractivity contribution in [3.63, 3.8) is 0 Å². The smallest absolute Gasteiger partial charge is 0.106 e. The zero-order valence-corrected chi connectivity index (χ0v) is 21.7. The Hall–Kier alpha value is -2.05. The van der Waals surface area contributed by atoms with Gasteiger partial charge < -0.3 is 19.7 Å². The molecule has 1 aromatic heterocycles. The minimum atomic E-state index is -0.828. The van der Waals surface area contributed by atoms with E-state index < -0.39 is 12.2 Å². The molecule has 0 bridgehead atoms. The lowest BCUT2D eigenvalue weighted by Crippen LogP contribution is -2.43. The number of rotatable bonds is 5. The third-order valence-electron chi connectivity index (χ3n) is 7.98. The molecule has 2 aromatic rings. The van der Waals surface area contributed by atoms with E-state index in [1.807, 2.05) is 12.1 Å². The Labute approximate surface area is 209 Å². The molecule has 5 nitrogen and oxygen atoms in total. The molecule has 188 valence electrons. The van der Waals surface area contributed by atoms with Gasteiger partial charge in [-0.15, -0.1) is 0 Å². The molecular formula is C30H39NO4. The molecule has 3 aliphatic rings. The van der Waals surface area contributed by atoms with Gasteiger partial charge in [0.15, 0.2) is 0 Å². The van der Waals surface area contributed by atoms with Crippen molar-refractivity contribution < 1.29 is 19.7 Å². The summed E-state index contributed by atoms with van der Waals surface area (Å²) in [5.74, 6) is 0.136. The predicted octanol–water partition coefficient (Wildman–Crippen LogP) is 5.38. The second kappa shape index (κ2) is 9.11. The monoisotopic (exact) mass is 477 g/mol. The van der Waals surface area contributed by atoms with Crippen LogP contribution >= 0.6 is 0 Å². The molecule has 0 amide bonds. The molecule has 0 radical (unpaired) electrons. The number of hydrogen-bond acceptors (Lipinski definition) is 5. The minimum absolute atomic E-state index is 0.0215. The molecule has 1 unspecified atom stereocenters. The lowest BCUT2D eigenvalue weighted by atomic mass is 9.71. The molecule has 2 atom stereocenters. The van der Waals surface area contributed by atoms with Crippen LogP contribution in [-0.2, 0) is 21.3 Å². The molecule has 3 heterocycles. The molecule has 1 saturated heterocycles. The molecule has 1 aromatic carbocycles. The third kappa shape index (κ3) is 4.48. The third-order valence-corrected chi connectivity index (χ3v) is 7.98. The van der Waals surface area contributed by atoms with Crippen molar-refractivity contribution in [1.29, 1.82) is 0 Å². The van der Waals surface area contributed by atoms with E-state index in [1.165, 1.54) is 5.56 Å². The average Bonchev–Trinajstić information content (AvgIpc) is 2.80. The van der Waals surface area contributed by atoms with Crippen LogP contribution in [0.15, 0.2) is 30.3 Å². The second-order valence-corrected chi connectivity index (χ2v) is 12.0. The Morgan fingerprint density at radius 1 is 1.06 bits per heavy atom. The summed E-state index contributed by atoms with van der Waals surface area (Å²) >= 11 is 0. The van der Waals surface area contributed by atoms with Gasteiger partial charge in [0.05, 0.1) is 32.5 Å². The van der Waals surface area contributed by atoms with Crippen LogP contribution in [0.5, 0.6) is 0 Å². The predicted molar refractivity (Wildman–Crippen MR) is 137 cm³/mol. The molecule has 1 aliphatic carbocycles. The van der Waals surface area contributed by atoms with Crippen LogP contribution < -0.4 is 0 Å². The SMILES string of the molecule is CC(C)c1nc2c(c(C3=CCOCC3)c1[C@@H](O)c1ccc(C3(C)COC3)cc1)C(O)CC(C)(C)C2. The normalized spacial score (nSPS) is 23.9. The molecule has 5 heteroatoms. The standard InChI is InChI=1S/C30H39NO4/c1-18(2)27-26(28(33)20-6-8-21(9-7-20)30(5)16-35-17-30)24(19-10-12-34-13-11-19)25-22(31-27)14-29(3,4)15-23(25)32/h6-10,18,23,28,32-33H,11-17H2,1-5H3/t23?,28-/m0/s1. The number of pyridine rings is 1. The van der Waals surface area contributed by atoms with Crippen molar-refractivity contribution in [3.8, 4) is 0 Å². The maximum atomic E-state index is 11.9. The first-order chi connectivity index (χ1) is 16.6. The van der Waals surface area contributed by atoms with E-state index in [1.54, 1.807) is 0 Å². The fourth-order valence-electron chi connectivity index (χ4n) is 5.95. The first-order valence-corrected chi connectivity index (χ1v) is 13.0. The molecule has 1 fully saturated rings. The maximum Gasteiger partial charge on any atom is 0.106 e. The highest BCUT2D eigenvalue weighted by molar-refractivity contribution is 5.74. The Kier molecular flexibility index (Phi) is 6.41. The lowest BCUT2D eigenvalue weighted by molar-refractivity contribution is -0.0500. The van der Waals surface area contributed by atoms with Crippen LogP contribution in [0.2, 0.25) is 0 Å². The van der Waals surface area contributed by atoms with Crippen LogP contribution in [0.3, 0.4) is 0 Å². The molecule has 35 heavy (non-hydrogen) atoms. The number of aromatic nitrogens is 1. The van der Waals surface area contributed by atoms with E-state index in [0.29, 0.717) is 19.6 Å². The summed E-state index contributed by atoms with van der Waals surface area (Å²) in [6.07, 6.45) is 2.96. The van der Waals surface area contributed by atoms with Crippen LogP contribution in [0.25, 0.3) is 5.57 Å². The molecular weight excluding hydrogens is 438 g/mol. The Morgan fingerprint density at radius 2 is 1.77 bits per heavy atom. The summed E-state index contributed by atoms with van der Waals surface area (Å²) in [6.45, 7) is 13.5. The minimum Gasteiger partial charge on any atom is -0.388 e. The first kappa shape index (κ1) is 24.6. The zero-order chi connectivity index (χ0) is 25.0. The summed E-state index contributed by atoms with van der Waals surface area (Å²) in [5.41, 5.74) is 7.92. The Balaban J connectivity index is 1.68. The highest BCUT2D eigenvalue weighted by Gasteiger charge is 2.39. The summed E-state index contributed by atoms with van der Waals surface area (Å²) in [4.78, 5) is 5.15. The highest BCUT2D eigenvalue weighted by Crippen LogP contribution is 2.48. The van der Waals surface area contributed by atoms with Crippen molar-refractivity contribution in [2.75, 3.05) is 26.4 Å². The topological polar surface area (TPSA) is 71.8 Å². The van der Waals surface area contributed by atoms with Gasteiger partial charge in [0.1, 0.15) is 6.10 Å². The van der Waals surface area contributed by atoms with Crippen molar-refractivity contribution in [3.05, 3.63) is 69.5 Å². The number of ether oxygens (including phenoxy) is 2. The van der Waals surface area contributed by atoms with E-state index in [9.17, 15) is 10.2 Å². The number of aliphatic hydroxyl groups excluding tert-OH is 2. The highest BCUT2D eigenvalue weighted by atomic mass is 16.5. The van der Waals surface area contributed by atoms with E-state index in [4.69, 9.17) is 14.5 Å². The van der Waals surface area contributed by atoms with Gasteiger partial charge in [-0.1, -0.05) is 65.0 Å². The first-order valence-electron chi connectivity index (χ1n) is 13.0. The number of aliphatic hydroxyl groups is 2. The van der Waals surface area contributed by atoms with Gasteiger partial charge in [-0.25, -0.2) is 0 Å². The van der Waals surface area contributed by atoms with Gasteiger partial charge in [-0.2, -0.15) is 0 Å². The van der Waals surface area contributed by atoms with Crippen molar-refractivity contribution in [2.45, 2.75) is 77.4 Å². The lowest BCUT2D eigenvalue weighted by Gasteiger charge is -2.39. The number of fused-ring (bicyclic) bond motifs is 1. The second-order valence-electron chi connectivity index (χ2n) is 12.0. The van der Waals surface area contributed by atoms with E-state index >= 15 is 0 Å². The quantitative estimate of drug-likeness (QED) is 0.605. The van der Waals surface area contributed by atoms with Gasteiger partial charge in [-0.3, -0.25) is 4.98 Å². The van der Waals surface area contributed by atoms with Crippen LogP contribution in [0, 0.1) is 5.41 Å². The van der Waals surface area contributed by atoms with Gasteiger partial charge in [0.2, 0.25) is 0 Å². The van der Waals surface area contributed by atoms with Gasteiger partial charge in [0, 0.05) is 27.9 Å². The maximum absolute atomic E-state index is 11.9. The van der Waals surface area contributed by atoms with E-state index in [0.717, 1.165) is 65.3 Å². The summed E-state index contributed by atoms with van der Waals surface area (Å²) in [6, 6.07) is 8.31. The fraction of sp³-hybridized carbons (Fsp3) is 0.567. The van der Waals surface area contributed by atoms with Crippen molar-refractivity contribution in [2.24, 2.45) is 5.41 Å². The molecule has 2 N–H and O–H groups in total. The zero-order valence-electron chi connectivity index (χ0n) is 21.7. The van der Waals surface area contributed by atoms with Crippen LogP contribution in [0.4, 0.5) is 0 Å². The fourth-order valence-corrected chi connectivity index (χ4v) is 5.95. The van der Waals surface area contributed by atoms with Crippen LogP contribution in [0.1, 0.15) is 105 Å². The largest absolute Gasteiger partial charge is 0.388 e. The average molecular weight is 478 g/mol. The summed E-state index contributed by atoms with van der Waals surface area (Å²) in [5, 5.41) is 23.3. The Morgan fingerprint density at radius 3 is 2.34 bits per heavy atom. The van der Waals surface area contributed by atoms with E-state index in [2.05, 4.69) is 52.8 Å². The Bertz CT molecular complexity index is 1130. The number of hydrogen-bond donors (Lipinski definition) is 2. The van der Waals surface area contributed by atoms with Crippen molar-refractivity contribution >= 4 is 5.57 Å². The van der Waals surface area contributed by atoms with Gasteiger partial charge >= 0.3 is 0 Å². The molecule has 0 saturated carbocycles. The summed E-state index contributed by atoms with van der Waals surface area (Å²) < 4.78 is 11.1. The van der Waals surface area contributed by atoms with E-state index in [-0.39, 0.29) is 16.7 Å². The molecule has 2 aliphatic heterocycles. The van der Waals surface area contributed by atoms with Crippen LogP contribution in [-0.4, -0.2) is 41.6 Å². The molecule has 5 rings (SSSR count).